The number of ketones is 1. The van der Waals surface area contributed by atoms with Crippen LogP contribution in [0.2, 0.25) is 0 Å². The first-order chi connectivity index (χ1) is 11.8. The predicted octanol–water partition coefficient (Wildman–Crippen LogP) is 3.03. The molecule has 0 saturated heterocycles. The van der Waals surface area contributed by atoms with Crippen LogP contribution in [-0.2, 0) is 11.3 Å². The van der Waals surface area contributed by atoms with Gasteiger partial charge in [0.05, 0.1) is 10.6 Å². The largest absolute Gasteiger partial charge is 0.325 e. The Morgan fingerprint density at radius 1 is 1.28 bits per heavy atom. The molecule has 2 rings (SSSR count). The van der Waals surface area contributed by atoms with Crippen LogP contribution >= 0.6 is 0 Å². The molecule has 2 aromatic rings. The van der Waals surface area contributed by atoms with Crippen molar-refractivity contribution in [1.82, 2.24) is 9.78 Å². The molecule has 0 bridgehead atoms. The number of amides is 1. The summed E-state index contributed by atoms with van der Waals surface area (Å²) in [5, 5.41) is 17.9. The molecule has 1 amide bonds. The van der Waals surface area contributed by atoms with Crippen molar-refractivity contribution < 1.29 is 14.5 Å². The highest BCUT2D eigenvalue weighted by Gasteiger charge is 2.21. The summed E-state index contributed by atoms with van der Waals surface area (Å²) in [4.78, 5) is 34.2. The number of nitro groups is 1. The highest BCUT2D eigenvalue weighted by molar-refractivity contribution is 6.03. The molecule has 0 aliphatic carbocycles. The number of carbonyl (C=O) groups excluding carboxylic acids is 2. The average Bonchev–Trinajstić information content (AvgIpc) is 2.81. The van der Waals surface area contributed by atoms with Crippen molar-refractivity contribution >= 4 is 23.1 Å². The fourth-order valence-corrected chi connectivity index (χ4v) is 2.67. The van der Waals surface area contributed by atoms with Gasteiger partial charge in [-0.15, -0.1) is 0 Å². The Balaban J connectivity index is 1.95. The number of nitrogens with one attached hydrogen (secondary N) is 1. The molecule has 0 unspecified atom stereocenters. The van der Waals surface area contributed by atoms with Crippen molar-refractivity contribution in [2.75, 3.05) is 5.32 Å². The Bertz CT molecular complexity index is 826. The third-order valence-corrected chi connectivity index (χ3v) is 3.88. The van der Waals surface area contributed by atoms with Crippen molar-refractivity contribution in [2.24, 2.45) is 0 Å². The van der Waals surface area contributed by atoms with Crippen LogP contribution in [0.4, 0.5) is 11.4 Å². The highest BCUT2D eigenvalue weighted by atomic mass is 16.6. The number of hydrogen-bond acceptors (Lipinski definition) is 5. The van der Waals surface area contributed by atoms with Gasteiger partial charge in [0.15, 0.2) is 5.78 Å². The van der Waals surface area contributed by atoms with Crippen LogP contribution in [0.3, 0.4) is 0 Å². The van der Waals surface area contributed by atoms with Gasteiger partial charge < -0.3 is 5.32 Å². The molecule has 0 aliphatic rings. The number of Topliss-reactive ketones (excluding diaryl/α,β-unsaturated/α-hetero) is 1. The molecular weight excluding hydrogens is 324 g/mol. The SMILES string of the molecule is CC(=O)c1ccccc1NC(=O)CCCn1nc(C)c([N+](=O)[O-])c1C. The minimum atomic E-state index is -0.445. The summed E-state index contributed by atoms with van der Waals surface area (Å²) in [6, 6.07) is 6.82. The van der Waals surface area contributed by atoms with Crippen LogP contribution in [-0.4, -0.2) is 26.4 Å². The zero-order valence-electron chi connectivity index (χ0n) is 14.4. The number of aromatic nitrogens is 2. The third kappa shape index (κ3) is 4.28. The van der Waals surface area contributed by atoms with Crippen molar-refractivity contribution in [3.8, 4) is 0 Å². The number of benzene rings is 1. The van der Waals surface area contributed by atoms with E-state index in [1.807, 2.05) is 0 Å². The summed E-state index contributed by atoms with van der Waals surface area (Å²) in [7, 11) is 0. The van der Waals surface area contributed by atoms with E-state index in [9.17, 15) is 19.7 Å². The molecule has 8 nitrogen and oxygen atoms in total. The van der Waals surface area contributed by atoms with Crippen molar-refractivity contribution in [2.45, 2.75) is 40.2 Å². The molecule has 1 aromatic carbocycles. The predicted molar refractivity (Wildman–Crippen MR) is 92.7 cm³/mol. The highest BCUT2D eigenvalue weighted by Crippen LogP contribution is 2.22. The lowest BCUT2D eigenvalue weighted by atomic mass is 10.1. The van der Waals surface area contributed by atoms with E-state index in [4.69, 9.17) is 0 Å². The first kappa shape index (κ1) is 18.3. The second-order valence-corrected chi connectivity index (χ2v) is 5.75. The lowest BCUT2D eigenvalue weighted by molar-refractivity contribution is -0.386. The van der Waals surface area contributed by atoms with Crippen LogP contribution < -0.4 is 5.32 Å². The van der Waals surface area contributed by atoms with E-state index >= 15 is 0 Å². The number of para-hydroxylation sites is 1. The van der Waals surface area contributed by atoms with E-state index in [1.165, 1.54) is 6.92 Å². The average molecular weight is 344 g/mol. The van der Waals surface area contributed by atoms with Gasteiger partial charge in [0.2, 0.25) is 5.91 Å². The van der Waals surface area contributed by atoms with Crippen LogP contribution in [0.25, 0.3) is 0 Å². The third-order valence-electron chi connectivity index (χ3n) is 3.88. The molecule has 0 saturated carbocycles. The second kappa shape index (κ2) is 7.69. The van der Waals surface area contributed by atoms with E-state index in [2.05, 4.69) is 10.4 Å². The summed E-state index contributed by atoms with van der Waals surface area (Å²) in [6.45, 7) is 5.08. The minimum absolute atomic E-state index is 0.0137. The fourth-order valence-electron chi connectivity index (χ4n) is 2.67. The summed E-state index contributed by atoms with van der Waals surface area (Å²) in [5.41, 5.74) is 1.80. The standard InChI is InChI=1S/C17H20N4O4/c1-11-17(21(24)25)12(2)20(19-11)10-6-9-16(23)18-15-8-5-4-7-14(15)13(3)22/h4-5,7-8H,6,9-10H2,1-3H3,(H,18,23). The van der Waals surface area contributed by atoms with E-state index in [1.54, 1.807) is 42.8 Å². The van der Waals surface area contributed by atoms with Crippen molar-refractivity contribution in [3.05, 3.63) is 51.3 Å². The zero-order valence-corrected chi connectivity index (χ0v) is 14.4. The molecule has 1 aromatic heterocycles. The quantitative estimate of drug-likeness (QED) is 0.472. The molecule has 0 atom stereocenters. The summed E-state index contributed by atoms with van der Waals surface area (Å²) >= 11 is 0. The maximum Gasteiger partial charge on any atom is 0.312 e. The lowest BCUT2D eigenvalue weighted by Gasteiger charge is -2.09. The smallest absolute Gasteiger partial charge is 0.312 e. The molecule has 0 aliphatic heterocycles. The molecule has 0 spiro atoms. The molecule has 1 heterocycles. The van der Waals surface area contributed by atoms with Gasteiger partial charge in [0.25, 0.3) is 0 Å². The number of carbonyl (C=O) groups is 2. The maximum atomic E-state index is 12.1. The van der Waals surface area contributed by atoms with E-state index < -0.39 is 4.92 Å². The Labute approximate surface area is 145 Å². The van der Waals surface area contributed by atoms with Crippen LogP contribution in [0.1, 0.15) is 41.5 Å². The number of aryl methyl sites for hydroxylation is 2. The molecule has 0 radical (unpaired) electrons. The summed E-state index contributed by atoms with van der Waals surface area (Å²) in [5.74, 6) is -0.337. The number of rotatable bonds is 7. The Kier molecular flexibility index (Phi) is 5.63. The van der Waals surface area contributed by atoms with Crippen molar-refractivity contribution in [1.29, 1.82) is 0 Å². The Hall–Kier alpha value is -3.03. The van der Waals surface area contributed by atoms with Crippen molar-refractivity contribution in [3.63, 3.8) is 0 Å². The first-order valence-electron chi connectivity index (χ1n) is 7.89. The van der Waals surface area contributed by atoms with Gasteiger partial charge in [-0.3, -0.25) is 24.4 Å². The second-order valence-electron chi connectivity index (χ2n) is 5.75. The molecule has 132 valence electrons. The Morgan fingerprint density at radius 3 is 2.56 bits per heavy atom. The van der Waals surface area contributed by atoms with Crippen LogP contribution in [0.15, 0.2) is 24.3 Å². The molecular formula is C17H20N4O4. The number of hydrogen-bond donors (Lipinski definition) is 1. The molecule has 1 N–H and O–H groups in total. The first-order valence-corrected chi connectivity index (χ1v) is 7.89. The zero-order chi connectivity index (χ0) is 18.6. The summed E-state index contributed by atoms with van der Waals surface area (Å²) < 4.78 is 1.55. The minimum Gasteiger partial charge on any atom is -0.325 e. The van der Waals surface area contributed by atoms with Gasteiger partial charge in [-0.1, -0.05) is 12.1 Å². The van der Waals surface area contributed by atoms with Gasteiger partial charge >= 0.3 is 5.69 Å². The Morgan fingerprint density at radius 2 is 1.96 bits per heavy atom. The lowest BCUT2D eigenvalue weighted by Crippen LogP contribution is -2.15. The number of anilines is 1. The number of nitrogens with zero attached hydrogens (tertiary/aromatic N) is 3. The topological polar surface area (TPSA) is 107 Å². The van der Waals surface area contributed by atoms with Crippen LogP contribution in [0.5, 0.6) is 0 Å². The van der Waals surface area contributed by atoms with Gasteiger partial charge in [-0.2, -0.15) is 5.10 Å². The maximum absolute atomic E-state index is 12.1. The van der Waals surface area contributed by atoms with Gasteiger partial charge in [0.1, 0.15) is 11.4 Å². The van der Waals surface area contributed by atoms with E-state index in [-0.39, 0.29) is 23.8 Å². The van der Waals surface area contributed by atoms with Gasteiger partial charge in [-0.05, 0) is 39.3 Å². The van der Waals surface area contributed by atoms with Crippen LogP contribution in [0, 0.1) is 24.0 Å². The van der Waals surface area contributed by atoms with E-state index in [0.717, 1.165) is 0 Å². The van der Waals surface area contributed by atoms with Gasteiger partial charge in [-0.25, -0.2) is 0 Å². The molecule has 0 fully saturated rings. The summed E-state index contributed by atoms with van der Waals surface area (Å²) in [6.07, 6.45) is 0.700. The van der Waals surface area contributed by atoms with Gasteiger partial charge in [0, 0.05) is 18.5 Å². The normalized spacial score (nSPS) is 10.5. The fraction of sp³-hybridized carbons (Fsp3) is 0.353. The van der Waals surface area contributed by atoms with E-state index in [0.29, 0.717) is 35.6 Å². The monoisotopic (exact) mass is 344 g/mol. The molecule has 8 heteroatoms. The molecule has 25 heavy (non-hydrogen) atoms.